The molecule has 6 heteroatoms. The third-order valence-electron chi connectivity index (χ3n) is 4.12. The summed E-state index contributed by atoms with van der Waals surface area (Å²) in [4.78, 5) is 17.8. The summed E-state index contributed by atoms with van der Waals surface area (Å²) in [6, 6.07) is 4.64. The predicted molar refractivity (Wildman–Crippen MR) is 96.5 cm³/mol. The summed E-state index contributed by atoms with van der Waals surface area (Å²) in [5.41, 5.74) is 0.817. The number of nitrogens with zero attached hydrogens (tertiary/aromatic N) is 1. The molecule has 1 aromatic rings. The zero-order valence-corrected chi connectivity index (χ0v) is 15.5. The van der Waals surface area contributed by atoms with Crippen LogP contribution < -0.4 is 0 Å². The van der Waals surface area contributed by atoms with Crippen LogP contribution >= 0.6 is 0 Å². The molecular weight excluding hydrogens is 322 g/mol. The first-order valence-corrected chi connectivity index (χ1v) is 9.09. The van der Waals surface area contributed by atoms with Gasteiger partial charge in [-0.1, -0.05) is 39.2 Å². The molecule has 25 heavy (non-hydrogen) atoms. The van der Waals surface area contributed by atoms with Crippen LogP contribution in [0, 0.1) is 5.92 Å². The maximum atomic E-state index is 12.1. The van der Waals surface area contributed by atoms with Gasteiger partial charge in [0.15, 0.2) is 11.5 Å². The number of hydrogen-bond acceptors (Lipinski definition) is 5. The second-order valence-corrected chi connectivity index (χ2v) is 6.08. The van der Waals surface area contributed by atoms with Gasteiger partial charge in [-0.3, -0.25) is 4.84 Å². The van der Waals surface area contributed by atoms with Crippen LogP contribution in [0.1, 0.15) is 52.0 Å². The van der Waals surface area contributed by atoms with Crippen molar-refractivity contribution < 1.29 is 24.6 Å². The van der Waals surface area contributed by atoms with Crippen LogP contribution in [0.2, 0.25) is 0 Å². The van der Waals surface area contributed by atoms with E-state index in [9.17, 15) is 15.0 Å². The van der Waals surface area contributed by atoms with Gasteiger partial charge in [-0.25, -0.2) is 4.79 Å². The quantitative estimate of drug-likeness (QED) is 0.459. The van der Waals surface area contributed by atoms with Gasteiger partial charge < -0.3 is 14.9 Å². The predicted octanol–water partition coefficient (Wildman–Crippen LogP) is 4.25. The molecule has 0 bridgehead atoms. The van der Waals surface area contributed by atoms with Crippen molar-refractivity contribution in [1.29, 1.82) is 0 Å². The molecule has 1 unspecified atom stereocenters. The number of benzene rings is 1. The van der Waals surface area contributed by atoms with E-state index in [1.807, 2.05) is 0 Å². The van der Waals surface area contributed by atoms with E-state index in [0.717, 1.165) is 31.2 Å². The normalized spacial score (nSPS) is 12.0. The summed E-state index contributed by atoms with van der Waals surface area (Å²) in [5.74, 6) is 0.0620. The summed E-state index contributed by atoms with van der Waals surface area (Å²) >= 11 is 0. The largest absolute Gasteiger partial charge is 0.504 e. The fourth-order valence-electron chi connectivity index (χ4n) is 2.53. The average molecular weight is 353 g/mol. The third-order valence-corrected chi connectivity index (χ3v) is 4.12. The summed E-state index contributed by atoms with van der Waals surface area (Å²) < 4.78 is 5.08. The standard InChI is InChI=1S/C19H31NO5/c1-4-7-8-15(5-2)14-20(19(23)24-6-3)25-12-11-16-9-10-17(21)18(22)13-16/h9-10,13,15,21-22H,4-8,11-12,14H2,1-3H3. The minimum atomic E-state index is -0.467. The van der Waals surface area contributed by atoms with Crippen LogP contribution in [0.4, 0.5) is 4.79 Å². The Morgan fingerprint density at radius 3 is 2.56 bits per heavy atom. The number of phenolic OH excluding ortho intramolecular Hbond substituents is 2. The van der Waals surface area contributed by atoms with Gasteiger partial charge in [-0.2, -0.15) is 5.06 Å². The number of unbranched alkanes of at least 4 members (excludes halogenated alkanes) is 1. The van der Waals surface area contributed by atoms with Gasteiger partial charge in [0.25, 0.3) is 0 Å². The van der Waals surface area contributed by atoms with Crippen molar-refractivity contribution in [2.75, 3.05) is 19.8 Å². The van der Waals surface area contributed by atoms with Crippen LogP contribution in [0.15, 0.2) is 18.2 Å². The molecule has 0 saturated heterocycles. The second kappa shape index (κ2) is 11.6. The van der Waals surface area contributed by atoms with Gasteiger partial charge in [-0.05, 0) is 43.4 Å². The van der Waals surface area contributed by atoms with Crippen LogP contribution in [0.5, 0.6) is 11.5 Å². The highest BCUT2D eigenvalue weighted by Crippen LogP contribution is 2.25. The monoisotopic (exact) mass is 353 g/mol. The second-order valence-electron chi connectivity index (χ2n) is 6.08. The molecule has 1 amide bonds. The summed E-state index contributed by atoms with van der Waals surface area (Å²) in [7, 11) is 0. The van der Waals surface area contributed by atoms with E-state index < -0.39 is 6.09 Å². The lowest BCUT2D eigenvalue weighted by Gasteiger charge is -2.25. The molecule has 0 aromatic heterocycles. The van der Waals surface area contributed by atoms with Gasteiger partial charge in [-0.15, -0.1) is 0 Å². The average Bonchev–Trinajstić information content (AvgIpc) is 2.60. The number of carbonyl (C=O) groups is 1. The smallest absolute Gasteiger partial charge is 0.433 e. The van der Waals surface area contributed by atoms with E-state index in [2.05, 4.69) is 13.8 Å². The number of phenols is 2. The third kappa shape index (κ3) is 7.65. The molecule has 0 fully saturated rings. The highest BCUT2D eigenvalue weighted by atomic mass is 16.7. The van der Waals surface area contributed by atoms with Crippen LogP contribution in [-0.4, -0.2) is 41.1 Å². The van der Waals surface area contributed by atoms with Gasteiger partial charge in [0.05, 0.1) is 19.8 Å². The first kappa shape index (κ1) is 21.1. The Hall–Kier alpha value is -1.95. The molecule has 0 saturated carbocycles. The van der Waals surface area contributed by atoms with Crippen LogP contribution in [0.25, 0.3) is 0 Å². The lowest BCUT2D eigenvalue weighted by Crippen LogP contribution is -2.36. The molecule has 1 rings (SSSR count). The molecular formula is C19H31NO5. The van der Waals surface area contributed by atoms with E-state index in [1.165, 1.54) is 17.2 Å². The zero-order chi connectivity index (χ0) is 18.7. The molecule has 0 aliphatic rings. The number of hydrogen-bond donors (Lipinski definition) is 2. The number of rotatable bonds is 11. The van der Waals surface area contributed by atoms with Gasteiger partial charge in [0.2, 0.25) is 0 Å². The van der Waals surface area contributed by atoms with Gasteiger partial charge in [0.1, 0.15) is 0 Å². The van der Waals surface area contributed by atoms with E-state index in [4.69, 9.17) is 9.57 Å². The first-order chi connectivity index (χ1) is 12.0. The Labute approximate surface area is 150 Å². The number of carbonyl (C=O) groups excluding carboxylic acids is 1. The molecule has 0 aliphatic carbocycles. The fourth-order valence-corrected chi connectivity index (χ4v) is 2.53. The number of amides is 1. The number of hydroxylamine groups is 2. The van der Waals surface area contributed by atoms with Gasteiger partial charge in [0, 0.05) is 0 Å². The lowest BCUT2D eigenvalue weighted by atomic mass is 9.99. The van der Waals surface area contributed by atoms with Crippen molar-refractivity contribution in [1.82, 2.24) is 5.06 Å². The minimum Gasteiger partial charge on any atom is -0.504 e. The Bertz CT molecular complexity index is 521. The van der Waals surface area contributed by atoms with E-state index in [1.54, 1.807) is 13.0 Å². The Balaban J connectivity index is 2.59. The molecule has 0 radical (unpaired) electrons. The minimum absolute atomic E-state index is 0.153. The Morgan fingerprint density at radius 2 is 1.96 bits per heavy atom. The fraction of sp³-hybridized carbons (Fsp3) is 0.632. The molecule has 2 N–H and O–H groups in total. The maximum Gasteiger partial charge on any atom is 0.433 e. The SMILES string of the molecule is CCCCC(CC)CN(OCCc1ccc(O)c(O)c1)C(=O)OCC. The zero-order valence-electron chi connectivity index (χ0n) is 15.5. The van der Waals surface area contributed by atoms with Crippen LogP contribution in [-0.2, 0) is 16.0 Å². The summed E-state index contributed by atoms with van der Waals surface area (Å²) in [5, 5.41) is 20.2. The molecule has 0 aliphatic heterocycles. The van der Waals surface area contributed by atoms with Crippen molar-refractivity contribution in [3.05, 3.63) is 23.8 Å². The number of ether oxygens (including phenoxy) is 1. The van der Waals surface area contributed by atoms with E-state index in [-0.39, 0.29) is 18.1 Å². The molecule has 0 heterocycles. The van der Waals surface area contributed by atoms with Crippen molar-refractivity contribution in [3.8, 4) is 11.5 Å². The highest BCUT2D eigenvalue weighted by Gasteiger charge is 2.20. The number of aromatic hydroxyl groups is 2. The highest BCUT2D eigenvalue weighted by molar-refractivity contribution is 5.66. The Kier molecular flexibility index (Phi) is 9.77. The molecule has 0 spiro atoms. The molecule has 6 nitrogen and oxygen atoms in total. The molecule has 1 aromatic carbocycles. The van der Waals surface area contributed by atoms with Crippen molar-refractivity contribution in [2.24, 2.45) is 5.92 Å². The van der Waals surface area contributed by atoms with Crippen molar-refractivity contribution in [2.45, 2.75) is 52.9 Å². The Morgan fingerprint density at radius 1 is 1.20 bits per heavy atom. The van der Waals surface area contributed by atoms with E-state index >= 15 is 0 Å². The molecule has 142 valence electrons. The van der Waals surface area contributed by atoms with Crippen molar-refractivity contribution in [3.63, 3.8) is 0 Å². The summed E-state index contributed by atoms with van der Waals surface area (Å²) in [6.45, 7) is 7.13. The van der Waals surface area contributed by atoms with E-state index in [0.29, 0.717) is 25.5 Å². The molecule has 1 atom stereocenters. The van der Waals surface area contributed by atoms with Gasteiger partial charge >= 0.3 is 6.09 Å². The van der Waals surface area contributed by atoms with Crippen LogP contribution in [0.3, 0.4) is 0 Å². The van der Waals surface area contributed by atoms with Crippen molar-refractivity contribution >= 4 is 6.09 Å². The first-order valence-electron chi connectivity index (χ1n) is 9.09. The topological polar surface area (TPSA) is 79.2 Å². The lowest BCUT2D eigenvalue weighted by molar-refractivity contribution is -0.143. The summed E-state index contributed by atoms with van der Waals surface area (Å²) in [6.07, 6.45) is 4.33. The maximum absolute atomic E-state index is 12.1.